The third-order valence-electron chi connectivity index (χ3n) is 13.1. The third-order valence-corrected chi connectivity index (χ3v) is 13.1. The maximum atomic E-state index is 2.47. The van der Waals surface area contributed by atoms with Gasteiger partial charge >= 0.3 is 0 Å². The number of hydrogen-bond acceptors (Lipinski definition) is 1. The first-order valence-corrected chi connectivity index (χ1v) is 21.7. The smallest absolute Gasteiger partial charge is 0.0641 e. The molecule has 0 atom stereocenters. The monoisotopic (exact) mass is 801 g/mol. The van der Waals surface area contributed by atoms with Gasteiger partial charge in [-0.3, -0.25) is 0 Å². The lowest BCUT2D eigenvalue weighted by Gasteiger charge is -2.26. The fourth-order valence-electron chi connectivity index (χ4n) is 10.3. The van der Waals surface area contributed by atoms with E-state index in [-0.39, 0.29) is 0 Å². The molecule has 2 heterocycles. The van der Waals surface area contributed by atoms with Gasteiger partial charge in [-0.25, -0.2) is 0 Å². The Labute approximate surface area is 364 Å². The highest BCUT2D eigenvalue weighted by Crippen LogP contribution is 2.44. The molecule has 0 aliphatic rings. The molecule has 0 saturated heterocycles. The molecule has 63 heavy (non-hydrogen) atoms. The number of para-hydroxylation sites is 4. The van der Waals surface area contributed by atoms with Gasteiger partial charge in [-0.2, -0.15) is 0 Å². The largest absolute Gasteiger partial charge is 0.310 e. The van der Waals surface area contributed by atoms with E-state index in [1.54, 1.807) is 0 Å². The van der Waals surface area contributed by atoms with E-state index in [4.69, 9.17) is 0 Å². The van der Waals surface area contributed by atoms with Gasteiger partial charge in [0, 0.05) is 50.0 Å². The number of hydrogen-bond donors (Lipinski definition) is 0. The summed E-state index contributed by atoms with van der Waals surface area (Å²) in [6.07, 6.45) is 0. The molecule has 0 N–H and O–H groups in total. The van der Waals surface area contributed by atoms with Crippen molar-refractivity contribution in [2.75, 3.05) is 4.90 Å². The average molecular weight is 802 g/mol. The minimum absolute atomic E-state index is 1.11. The SMILES string of the molecule is c1ccc(N(c2ccc(-c3ccc(-n4c5ccccc5c5ccc6c(c7ccccc7n6-c6ccccc6)c54)cc3)cc2)c2ccc3c4ccccc4c4ccccc4c3c2)cc1. The molecular formula is C60H39N3. The number of rotatable bonds is 6. The van der Waals surface area contributed by atoms with Crippen LogP contribution in [0.4, 0.5) is 17.1 Å². The van der Waals surface area contributed by atoms with E-state index in [1.165, 1.54) is 87.1 Å². The van der Waals surface area contributed by atoms with E-state index in [1.807, 2.05) is 0 Å². The van der Waals surface area contributed by atoms with Gasteiger partial charge in [-0.1, -0.05) is 158 Å². The maximum absolute atomic E-state index is 2.47. The van der Waals surface area contributed by atoms with Crippen LogP contribution in [-0.4, -0.2) is 9.13 Å². The fraction of sp³-hybridized carbons (Fsp3) is 0. The summed E-state index contributed by atoms with van der Waals surface area (Å²) >= 11 is 0. The molecule has 0 spiro atoms. The number of benzene rings is 11. The molecule has 0 aliphatic heterocycles. The highest BCUT2D eigenvalue weighted by Gasteiger charge is 2.21. The molecule has 0 radical (unpaired) electrons. The summed E-state index contributed by atoms with van der Waals surface area (Å²) in [5.74, 6) is 0. The van der Waals surface area contributed by atoms with Crippen LogP contribution in [0.25, 0.3) is 98.4 Å². The third kappa shape index (κ3) is 5.46. The van der Waals surface area contributed by atoms with Crippen molar-refractivity contribution in [2.24, 2.45) is 0 Å². The second kappa shape index (κ2) is 14.1. The zero-order valence-electron chi connectivity index (χ0n) is 34.4. The van der Waals surface area contributed by atoms with E-state index in [0.717, 1.165) is 28.4 Å². The lowest BCUT2D eigenvalue weighted by molar-refractivity contribution is 1.17. The molecule has 0 amide bonds. The number of anilines is 3. The highest BCUT2D eigenvalue weighted by molar-refractivity contribution is 6.27. The molecule has 11 aromatic carbocycles. The molecule has 2 aromatic heterocycles. The zero-order valence-corrected chi connectivity index (χ0v) is 34.4. The lowest BCUT2D eigenvalue weighted by Crippen LogP contribution is -2.09. The van der Waals surface area contributed by atoms with Crippen molar-refractivity contribution in [1.82, 2.24) is 9.13 Å². The highest BCUT2D eigenvalue weighted by atomic mass is 15.1. The Hall–Kier alpha value is -8.40. The second-order valence-corrected chi connectivity index (χ2v) is 16.5. The molecule has 0 fully saturated rings. The Kier molecular flexibility index (Phi) is 7.91. The van der Waals surface area contributed by atoms with Crippen molar-refractivity contribution in [3.05, 3.63) is 237 Å². The fourth-order valence-corrected chi connectivity index (χ4v) is 10.3. The van der Waals surface area contributed by atoms with Crippen molar-refractivity contribution in [3.8, 4) is 22.5 Å². The maximum Gasteiger partial charge on any atom is 0.0641 e. The van der Waals surface area contributed by atoms with Crippen LogP contribution in [0.2, 0.25) is 0 Å². The Morgan fingerprint density at radius 2 is 0.698 bits per heavy atom. The van der Waals surface area contributed by atoms with Crippen LogP contribution in [0, 0.1) is 0 Å². The Bertz CT molecular complexity index is 3840. The second-order valence-electron chi connectivity index (χ2n) is 16.5. The Morgan fingerprint density at radius 1 is 0.254 bits per heavy atom. The number of aromatic nitrogens is 2. The summed E-state index contributed by atoms with van der Waals surface area (Å²) in [5, 5.41) is 12.7. The minimum atomic E-state index is 1.11. The van der Waals surface area contributed by atoms with Crippen molar-refractivity contribution in [1.29, 1.82) is 0 Å². The first kappa shape index (κ1) is 35.4. The molecule has 0 aliphatic carbocycles. The molecular weight excluding hydrogens is 763 g/mol. The van der Waals surface area contributed by atoms with E-state index in [9.17, 15) is 0 Å². The summed E-state index contributed by atoms with van der Waals surface area (Å²) in [5.41, 5.74) is 12.8. The topological polar surface area (TPSA) is 13.1 Å². The Morgan fingerprint density at radius 3 is 1.35 bits per heavy atom. The van der Waals surface area contributed by atoms with Gasteiger partial charge in [-0.05, 0) is 122 Å². The molecule has 13 aromatic rings. The van der Waals surface area contributed by atoms with Crippen molar-refractivity contribution in [2.45, 2.75) is 0 Å². The van der Waals surface area contributed by atoms with Crippen LogP contribution in [0.1, 0.15) is 0 Å². The van der Waals surface area contributed by atoms with E-state index in [2.05, 4.69) is 251 Å². The van der Waals surface area contributed by atoms with Gasteiger partial charge in [0.1, 0.15) is 0 Å². The molecule has 0 unspecified atom stereocenters. The molecule has 0 bridgehead atoms. The zero-order chi connectivity index (χ0) is 41.4. The van der Waals surface area contributed by atoms with Crippen molar-refractivity contribution in [3.63, 3.8) is 0 Å². The van der Waals surface area contributed by atoms with Crippen LogP contribution < -0.4 is 4.90 Å². The van der Waals surface area contributed by atoms with Gasteiger partial charge < -0.3 is 14.0 Å². The van der Waals surface area contributed by atoms with Gasteiger partial charge in [0.15, 0.2) is 0 Å². The van der Waals surface area contributed by atoms with Gasteiger partial charge in [0.2, 0.25) is 0 Å². The van der Waals surface area contributed by atoms with Crippen LogP contribution in [0.3, 0.4) is 0 Å². The minimum Gasteiger partial charge on any atom is -0.310 e. The lowest BCUT2D eigenvalue weighted by atomic mass is 9.94. The molecule has 0 saturated carbocycles. The van der Waals surface area contributed by atoms with Gasteiger partial charge in [0.05, 0.1) is 22.1 Å². The van der Waals surface area contributed by atoms with Crippen molar-refractivity contribution < 1.29 is 0 Å². The summed E-state index contributed by atoms with van der Waals surface area (Å²) in [7, 11) is 0. The predicted molar refractivity (Wildman–Crippen MR) is 268 cm³/mol. The predicted octanol–water partition coefficient (Wildman–Crippen LogP) is 16.5. The molecule has 13 rings (SSSR count). The number of nitrogens with zero attached hydrogens (tertiary/aromatic N) is 3. The Balaban J connectivity index is 0.920. The van der Waals surface area contributed by atoms with E-state index < -0.39 is 0 Å². The average Bonchev–Trinajstić information content (AvgIpc) is 3.88. The van der Waals surface area contributed by atoms with E-state index in [0.29, 0.717) is 0 Å². The van der Waals surface area contributed by atoms with Crippen molar-refractivity contribution >= 4 is 93.0 Å². The van der Waals surface area contributed by atoms with Gasteiger partial charge in [-0.15, -0.1) is 0 Å². The normalized spacial score (nSPS) is 11.8. The van der Waals surface area contributed by atoms with Crippen LogP contribution >= 0.6 is 0 Å². The summed E-state index contributed by atoms with van der Waals surface area (Å²) in [4.78, 5) is 2.37. The van der Waals surface area contributed by atoms with Gasteiger partial charge in [0.25, 0.3) is 0 Å². The summed E-state index contributed by atoms with van der Waals surface area (Å²) in [6.45, 7) is 0. The number of fused-ring (bicyclic) bond motifs is 13. The molecule has 3 nitrogen and oxygen atoms in total. The molecule has 3 heteroatoms. The first-order chi connectivity index (χ1) is 31.3. The molecule has 294 valence electrons. The van der Waals surface area contributed by atoms with Crippen LogP contribution in [-0.2, 0) is 0 Å². The van der Waals surface area contributed by atoms with E-state index >= 15 is 0 Å². The summed E-state index contributed by atoms with van der Waals surface area (Å²) in [6, 6.07) is 86.3. The van der Waals surface area contributed by atoms with Crippen LogP contribution in [0.15, 0.2) is 237 Å². The summed E-state index contributed by atoms with van der Waals surface area (Å²) < 4.78 is 4.87. The first-order valence-electron chi connectivity index (χ1n) is 21.7. The standard InChI is InChI=1S/C60H39N3/c1-3-15-42(16-4-1)61(46-35-36-51-49-21-8-7-19-47(49)48-20-9-10-22-50(48)55(51)39-46)44-31-27-40(28-32-44)41-29-33-45(34-30-41)63-56-25-13-11-23-52(56)53-37-38-58-59(60(53)63)54-24-12-14-26-57(54)62(58)43-17-5-2-6-18-43/h1-39H. The van der Waals surface area contributed by atoms with Crippen LogP contribution in [0.5, 0.6) is 0 Å². The quantitative estimate of drug-likeness (QED) is 0.153.